The maximum Gasteiger partial charge on any atom is 0.455 e. The molecule has 2 N–H and O–H groups in total. The van der Waals surface area contributed by atoms with Gasteiger partial charge in [0.2, 0.25) is 0 Å². The van der Waals surface area contributed by atoms with E-state index in [1.807, 2.05) is 0 Å². The Labute approximate surface area is 88.2 Å². The van der Waals surface area contributed by atoms with E-state index in [0.717, 1.165) is 6.07 Å². The summed E-state index contributed by atoms with van der Waals surface area (Å²) in [5, 5.41) is 0. The molecule has 1 aromatic rings. The highest BCUT2D eigenvalue weighted by molar-refractivity contribution is 5.13. The van der Waals surface area contributed by atoms with Crippen LogP contribution in [0.4, 0.5) is 22.0 Å². The van der Waals surface area contributed by atoms with Crippen LogP contribution < -0.4 is 5.73 Å². The highest BCUT2D eigenvalue weighted by Gasteiger charge is 2.62. The number of halogens is 5. The first-order valence-corrected chi connectivity index (χ1v) is 4.49. The van der Waals surface area contributed by atoms with Crippen LogP contribution in [0.25, 0.3) is 0 Å². The Kier molecular flexibility index (Phi) is 3.27. The summed E-state index contributed by atoms with van der Waals surface area (Å²) in [5.74, 6) is -5.27. The standard InChI is InChI=1S/C9H10F5NO/c1-2-5-3-4-6(16-5)7(15)8(10,11)9(12,13)14/h3-4,7H,2,15H2,1H3. The first-order valence-electron chi connectivity index (χ1n) is 4.49. The maximum absolute atomic E-state index is 12.8. The molecule has 0 aliphatic rings. The Morgan fingerprint density at radius 3 is 2.19 bits per heavy atom. The van der Waals surface area contributed by atoms with E-state index in [-0.39, 0.29) is 0 Å². The fourth-order valence-electron chi connectivity index (χ4n) is 1.11. The van der Waals surface area contributed by atoms with Gasteiger partial charge in [-0.3, -0.25) is 0 Å². The molecule has 1 atom stereocenters. The third-order valence-electron chi connectivity index (χ3n) is 2.11. The molecular weight excluding hydrogens is 233 g/mol. The number of nitrogens with two attached hydrogens (primary N) is 1. The van der Waals surface area contributed by atoms with Gasteiger partial charge in [-0.25, -0.2) is 0 Å². The van der Waals surface area contributed by atoms with Crippen molar-refractivity contribution in [2.75, 3.05) is 0 Å². The molecule has 0 saturated heterocycles. The van der Waals surface area contributed by atoms with Gasteiger partial charge in [-0.2, -0.15) is 22.0 Å². The van der Waals surface area contributed by atoms with Crippen LogP contribution in [0.1, 0.15) is 24.5 Å². The molecule has 1 aromatic heterocycles. The molecule has 0 saturated carbocycles. The van der Waals surface area contributed by atoms with Crippen molar-refractivity contribution in [3.05, 3.63) is 23.7 Å². The summed E-state index contributed by atoms with van der Waals surface area (Å²) >= 11 is 0. The Bertz CT molecular complexity index is 357. The fourth-order valence-corrected chi connectivity index (χ4v) is 1.11. The van der Waals surface area contributed by atoms with Gasteiger partial charge in [-0.15, -0.1) is 0 Å². The minimum Gasteiger partial charge on any atom is -0.464 e. The summed E-state index contributed by atoms with van der Waals surface area (Å²) < 4.78 is 66.4. The average Bonchev–Trinajstić information content (AvgIpc) is 2.62. The molecule has 0 spiro atoms. The Morgan fingerprint density at radius 1 is 1.25 bits per heavy atom. The third kappa shape index (κ3) is 2.18. The fraction of sp³-hybridized carbons (Fsp3) is 0.556. The first kappa shape index (κ1) is 13.0. The van der Waals surface area contributed by atoms with Gasteiger partial charge in [0.1, 0.15) is 17.6 Å². The molecule has 1 rings (SSSR count). The molecule has 1 heterocycles. The molecule has 0 aliphatic heterocycles. The van der Waals surface area contributed by atoms with Crippen molar-refractivity contribution in [1.82, 2.24) is 0 Å². The summed E-state index contributed by atoms with van der Waals surface area (Å²) in [6.07, 6.45) is -5.30. The van der Waals surface area contributed by atoms with Gasteiger partial charge in [0.25, 0.3) is 0 Å². The van der Waals surface area contributed by atoms with Crippen LogP contribution >= 0.6 is 0 Å². The van der Waals surface area contributed by atoms with Crippen molar-refractivity contribution in [2.24, 2.45) is 5.73 Å². The van der Waals surface area contributed by atoms with E-state index in [1.54, 1.807) is 6.92 Å². The highest BCUT2D eigenvalue weighted by Crippen LogP contribution is 2.43. The van der Waals surface area contributed by atoms with Gasteiger partial charge in [-0.05, 0) is 12.1 Å². The van der Waals surface area contributed by atoms with E-state index >= 15 is 0 Å². The monoisotopic (exact) mass is 243 g/mol. The second-order valence-corrected chi connectivity index (χ2v) is 3.26. The van der Waals surface area contributed by atoms with Gasteiger partial charge in [-0.1, -0.05) is 6.92 Å². The van der Waals surface area contributed by atoms with Crippen LogP contribution in [0.5, 0.6) is 0 Å². The lowest BCUT2D eigenvalue weighted by molar-refractivity contribution is -0.292. The third-order valence-corrected chi connectivity index (χ3v) is 2.11. The van der Waals surface area contributed by atoms with Gasteiger partial charge in [0.05, 0.1) is 0 Å². The molecule has 2 nitrogen and oxygen atoms in total. The van der Waals surface area contributed by atoms with E-state index in [2.05, 4.69) is 0 Å². The predicted molar refractivity (Wildman–Crippen MR) is 46.0 cm³/mol. The number of aryl methyl sites for hydroxylation is 1. The predicted octanol–water partition coefficient (Wildman–Crippen LogP) is 3.04. The number of hydrogen-bond acceptors (Lipinski definition) is 2. The van der Waals surface area contributed by atoms with Crippen molar-refractivity contribution >= 4 is 0 Å². The van der Waals surface area contributed by atoms with Gasteiger partial charge in [0.15, 0.2) is 0 Å². The van der Waals surface area contributed by atoms with Gasteiger partial charge in [0, 0.05) is 6.42 Å². The van der Waals surface area contributed by atoms with Crippen molar-refractivity contribution < 1.29 is 26.4 Å². The van der Waals surface area contributed by atoms with Crippen LogP contribution in [0, 0.1) is 0 Å². The average molecular weight is 243 g/mol. The number of hydrogen-bond donors (Lipinski definition) is 1. The molecular formula is C9H10F5NO. The molecule has 0 aromatic carbocycles. The highest BCUT2D eigenvalue weighted by atomic mass is 19.4. The lowest BCUT2D eigenvalue weighted by Gasteiger charge is -2.24. The van der Waals surface area contributed by atoms with Crippen molar-refractivity contribution in [3.63, 3.8) is 0 Å². The summed E-state index contributed by atoms with van der Waals surface area (Å²) in [6, 6.07) is -0.169. The largest absolute Gasteiger partial charge is 0.464 e. The summed E-state index contributed by atoms with van der Waals surface area (Å²) in [6.45, 7) is 1.68. The Balaban J connectivity index is 2.97. The quantitative estimate of drug-likeness (QED) is 0.829. The molecule has 16 heavy (non-hydrogen) atoms. The smallest absolute Gasteiger partial charge is 0.455 e. The first-order chi connectivity index (χ1) is 7.20. The van der Waals surface area contributed by atoms with Crippen LogP contribution in [0.2, 0.25) is 0 Å². The van der Waals surface area contributed by atoms with Crippen LogP contribution in [-0.2, 0) is 6.42 Å². The van der Waals surface area contributed by atoms with Crippen LogP contribution in [-0.4, -0.2) is 12.1 Å². The van der Waals surface area contributed by atoms with E-state index < -0.39 is 23.9 Å². The Hall–Kier alpha value is -1.11. The molecule has 1 unspecified atom stereocenters. The zero-order chi connectivity index (χ0) is 12.6. The molecule has 0 bridgehead atoms. The SMILES string of the molecule is CCc1ccc(C(N)C(F)(F)C(F)(F)F)o1. The van der Waals surface area contributed by atoms with E-state index in [0.29, 0.717) is 12.2 Å². The zero-order valence-electron chi connectivity index (χ0n) is 8.31. The molecule has 0 fully saturated rings. The summed E-state index contributed by atoms with van der Waals surface area (Å²) in [7, 11) is 0. The molecule has 0 radical (unpaired) electrons. The topological polar surface area (TPSA) is 39.2 Å². The van der Waals surface area contributed by atoms with Crippen LogP contribution in [0.15, 0.2) is 16.5 Å². The minimum absolute atomic E-state index is 0.309. The Morgan fingerprint density at radius 2 is 1.81 bits per heavy atom. The molecule has 0 aliphatic carbocycles. The zero-order valence-corrected chi connectivity index (χ0v) is 8.31. The summed E-state index contributed by atoms with van der Waals surface area (Å²) in [4.78, 5) is 0. The normalized spacial score (nSPS) is 15.2. The number of rotatable bonds is 3. The number of alkyl halides is 5. The van der Waals surface area contributed by atoms with Crippen molar-refractivity contribution in [3.8, 4) is 0 Å². The molecule has 0 amide bonds. The van der Waals surface area contributed by atoms with Gasteiger partial charge >= 0.3 is 12.1 Å². The van der Waals surface area contributed by atoms with E-state index in [4.69, 9.17) is 10.2 Å². The van der Waals surface area contributed by atoms with Gasteiger partial charge < -0.3 is 10.2 Å². The second-order valence-electron chi connectivity index (χ2n) is 3.26. The second kappa shape index (κ2) is 4.04. The lowest BCUT2D eigenvalue weighted by Crippen LogP contribution is -2.45. The summed E-state index contributed by atoms with van der Waals surface area (Å²) in [5.41, 5.74) is 4.86. The van der Waals surface area contributed by atoms with Crippen LogP contribution in [0.3, 0.4) is 0 Å². The maximum atomic E-state index is 12.8. The molecule has 7 heteroatoms. The van der Waals surface area contributed by atoms with Crippen molar-refractivity contribution in [1.29, 1.82) is 0 Å². The van der Waals surface area contributed by atoms with Crippen molar-refractivity contribution in [2.45, 2.75) is 31.5 Å². The molecule has 92 valence electrons. The van der Waals surface area contributed by atoms with E-state index in [9.17, 15) is 22.0 Å². The minimum atomic E-state index is -5.69. The lowest BCUT2D eigenvalue weighted by atomic mass is 10.1. The van der Waals surface area contributed by atoms with E-state index in [1.165, 1.54) is 6.07 Å². The number of furan rings is 1.